The quantitative estimate of drug-likeness (QED) is 0.699. The van der Waals surface area contributed by atoms with E-state index >= 15 is 0 Å². The van der Waals surface area contributed by atoms with Crippen LogP contribution in [0.25, 0.3) is 0 Å². The lowest BCUT2D eigenvalue weighted by molar-refractivity contribution is -0.274. The maximum atomic E-state index is 12.2. The van der Waals surface area contributed by atoms with E-state index in [0.29, 0.717) is 11.5 Å². The molecule has 0 unspecified atom stereocenters. The van der Waals surface area contributed by atoms with E-state index in [1.165, 1.54) is 18.2 Å². The van der Waals surface area contributed by atoms with E-state index < -0.39 is 6.36 Å². The topological polar surface area (TPSA) is 34.2 Å². The van der Waals surface area contributed by atoms with Crippen molar-refractivity contribution in [2.75, 3.05) is 5.32 Å². The van der Waals surface area contributed by atoms with Crippen LogP contribution in [0.4, 0.5) is 24.7 Å². The SMILES string of the molecule is Cc1cnc(Nc2ccc(OC(F)(F)F)c(Br)c2)c(Br)c1. The molecule has 0 aliphatic heterocycles. The summed E-state index contributed by atoms with van der Waals surface area (Å²) in [5.41, 5.74) is 1.57. The zero-order valence-electron chi connectivity index (χ0n) is 10.6. The summed E-state index contributed by atoms with van der Waals surface area (Å²) in [7, 11) is 0. The standard InChI is InChI=1S/C13H9Br2F3N2O/c1-7-4-10(15)12(19-6-7)20-8-2-3-11(9(14)5-8)21-13(16,17)18/h2-6H,1H3,(H,19,20). The molecule has 0 radical (unpaired) electrons. The predicted octanol–water partition coefficient (Wildman–Crippen LogP) is 5.56. The summed E-state index contributed by atoms with van der Waals surface area (Å²) < 4.78 is 41.4. The number of halogens is 5. The van der Waals surface area contributed by atoms with Crippen molar-refractivity contribution in [3.8, 4) is 5.75 Å². The number of hydrogen-bond donors (Lipinski definition) is 1. The Kier molecular flexibility index (Phi) is 4.77. The Morgan fingerprint density at radius 1 is 1.14 bits per heavy atom. The summed E-state index contributed by atoms with van der Waals surface area (Å²) in [6.07, 6.45) is -3.04. The van der Waals surface area contributed by atoms with Crippen LogP contribution in [0.1, 0.15) is 5.56 Å². The van der Waals surface area contributed by atoms with Gasteiger partial charge in [0.15, 0.2) is 0 Å². The molecule has 0 amide bonds. The lowest BCUT2D eigenvalue weighted by Crippen LogP contribution is -2.17. The number of anilines is 2. The normalized spacial score (nSPS) is 11.3. The van der Waals surface area contributed by atoms with Gasteiger partial charge < -0.3 is 10.1 Å². The van der Waals surface area contributed by atoms with Crippen LogP contribution in [0.15, 0.2) is 39.4 Å². The van der Waals surface area contributed by atoms with Gasteiger partial charge in [-0.3, -0.25) is 0 Å². The van der Waals surface area contributed by atoms with E-state index in [1.54, 1.807) is 6.20 Å². The molecule has 0 spiro atoms. The van der Waals surface area contributed by atoms with Crippen LogP contribution in [-0.2, 0) is 0 Å². The van der Waals surface area contributed by atoms with E-state index in [1.807, 2.05) is 13.0 Å². The zero-order chi connectivity index (χ0) is 15.6. The summed E-state index contributed by atoms with van der Waals surface area (Å²) in [6.45, 7) is 1.90. The molecule has 1 N–H and O–H groups in total. The van der Waals surface area contributed by atoms with Crippen LogP contribution in [0, 0.1) is 6.92 Å². The van der Waals surface area contributed by atoms with Gasteiger partial charge in [-0.05, 0) is 68.6 Å². The van der Waals surface area contributed by atoms with Gasteiger partial charge in [-0.25, -0.2) is 4.98 Å². The van der Waals surface area contributed by atoms with E-state index in [4.69, 9.17) is 0 Å². The second kappa shape index (κ2) is 6.23. The highest BCUT2D eigenvalue weighted by Crippen LogP contribution is 2.34. The van der Waals surface area contributed by atoms with Crippen LogP contribution in [0.2, 0.25) is 0 Å². The molecule has 0 aliphatic rings. The highest BCUT2D eigenvalue weighted by atomic mass is 79.9. The van der Waals surface area contributed by atoms with Crippen molar-refractivity contribution >= 4 is 43.4 Å². The van der Waals surface area contributed by atoms with E-state index in [-0.39, 0.29) is 10.2 Å². The molecule has 1 heterocycles. The van der Waals surface area contributed by atoms with E-state index in [0.717, 1.165) is 10.0 Å². The monoisotopic (exact) mass is 424 g/mol. The summed E-state index contributed by atoms with van der Waals surface area (Å²) in [5.74, 6) is 0.265. The number of aryl methyl sites for hydroxylation is 1. The average Bonchev–Trinajstić information content (AvgIpc) is 2.35. The zero-order valence-corrected chi connectivity index (χ0v) is 13.8. The van der Waals surface area contributed by atoms with Crippen LogP contribution in [0.5, 0.6) is 5.75 Å². The number of hydrogen-bond acceptors (Lipinski definition) is 3. The fourth-order valence-electron chi connectivity index (χ4n) is 1.55. The van der Waals surface area contributed by atoms with Gasteiger partial charge in [-0.1, -0.05) is 0 Å². The summed E-state index contributed by atoms with van der Waals surface area (Å²) in [5, 5.41) is 3.01. The van der Waals surface area contributed by atoms with Gasteiger partial charge in [0.1, 0.15) is 11.6 Å². The van der Waals surface area contributed by atoms with Crippen LogP contribution in [-0.4, -0.2) is 11.3 Å². The van der Waals surface area contributed by atoms with E-state index in [9.17, 15) is 13.2 Å². The van der Waals surface area contributed by atoms with Crippen molar-refractivity contribution in [3.63, 3.8) is 0 Å². The molecule has 2 rings (SSSR count). The first-order valence-corrected chi connectivity index (χ1v) is 7.28. The van der Waals surface area contributed by atoms with Gasteiger partial charge in [-0.2, -0.15) is 0 Å². The Morgan fingerprint density at radius 2 is 1.86 bits per heavy atom. The Labute approximate surface area is 135 Å². The van der Waals surface area contributed by atoms with Crippen molar-refractivity contribution in [3.05, 3.63) is 45.0 Å². The number of pyridine rings is 1. The second-order valence-corrected chi connectivity index (χ2v) is 5.87. The Bertz CT molecular complexity index is 662. The minimum Gasteiger partial charge on any atom is -0.405 e. The van der Waals surface area contributed by atoms with Gasteiger partial charge >= 0.3 is 6.36 Å². The minimum absolute atomic E-state index is 0.188. The average molecular weight is 426 g/mol. The minimum atomic E-state index is -4.72. The molecule has 1 aromatic carbocycles. The molecule has 1 aromatic heterocycles. The van der Waals surface area contributed by atoms with Gasteiger partial charge in [0.05, 0.1) is 8.95 Å². The first kappa shape index (κ1) is 16.1. The highest BCUT2D eigenvalue weighted by Gasteiger charge is 2.31. The summed E-state index contributed by atoms with van der Waals surface area (Å²) in [4.78, 5) is 4.20. The number of alkyl halides is 3. The molecular formula is C13H9Br2F3N2O. The number of aromatic nitrogens is 1. The molecule has 0 saturated carbocycles. The molecule has 0 saturated heterocycles. The molecule has 0 atom stereocenters. The highest BCUT2D eigenvalue weighted by molar-refractivity contribution is 9.11. The van der Waals surface area contributed by atoms with Crippen LogP contribution < -0.4 is 10.1 Å². The third-order valence-corrected chi connectivity index (χ3v) is 3.62. The predicted molar refractivity (Wildman–Crippen MR) is 80.8 cm³/mol. The molecular weight excluding hydrogens is 417 g/mol. The molecule has 21 heavy (non-hydrogen) atoms. The van der Waals surface area contributed by atoms with Crippen molar-refractivity contribution in [2.45, 2.75) is 13.3 Å². The van der Waals surface area contributed by atoms with Gasteiger partial charge in [0.25, 0.3) is 0 Å². The van der Waals surface area contributed by atoms with Crippen LogP contribution >= 0.6 is 31.9 Å². The lowest BCUT2D eigenvalue weighted by Gasteiger charge is -2.13. The molecule has 2 aromatic rings. The van der Waals surface area contributed by atoms with Gasteiger partial charge in [-0.15, -0.1) is 13.2 Å². The van der Waals surface area contributed by atoms with Gasteiger partial charge in [0, 0.05) is 11.9 Å². The van der Waals surface area contributed by atoms with E-state index in [2.05, 4.69) is 46.9 Å². The molecule has 8 heteroatoms. The second-order valence-electron chi connectivity index (χ2n) is 4.16. The summed E-state index contributed by atoms with van der Waals surface area (Å²) >= 11 is 6.41. The molecule has 0 fully saturated rings. The maximum absolute atomic E-state index is 12.2. The number of ether oxygens (including phenoxy) is 1. The molecule has 112 valence electrons. The Hall–Kier alpha value is -1.28. The fourth-order valence-corrected chi connectivity index (χ4v) is 2.57. The number of nitrogens with zero attached hydrogens (tertiary/aromatic N) is 1. The van der Waals surface area contributed by atoms with Crippen molar-refractivity contribution in [1.29, 1.82) is 0 Å². The maximum Gasteiger partial charge on any atom is 0.573 e. The van der Waals surface area contributed by atoms with Crippen molar-refractivity contribution < 1.29 is 17.9 Å². The van der Waals surface area contributed by atoms with Gasteiger partial charge in [0.2, 0.25) is 0 Å². The first-order chi connectivity index (χ1) is 9.74. The largest absolute Gasteiger partial charge is 0.573 e. The van der Waals surface area contributed by atoms with Crippen molar-refractivity contribution in [1.82, 2.24) is 4.98 Å². The first-order valence-electron chi connectivity index (χ1n) is 5.69. The third-order valence-electron chi connectivity index (χ3n) is 2.40. The number of rotatable bonds is 3. The Morgan fingerprint density at radius 3 is 2.43 bits per heavy atom. The van der Waals surface area contributed by atoms with Crippen LogP contribution in [0.3, 0.4) is 0 Å². The molecule has 0 bridgehead atoms. The molecule has 0 aliphatic carbocycles. The number of benzene rings is 1. The lowest BCUT2D eigenvalue weighted by atomic mass is 10.3. The number of nitrogens with one attached hydrogen (secondary N) is 1. The van der Waals surface area contributed by atoms with Crippen molar-refractivity contribution in [2.24, 2.45) is 0 Å². The third kappa shape index (κ3) is 4.60. The smallest absolute Gasteiger partial charge is 0.405 e. The Balaban J connectivity index is 2.20. The summed E-state index contributed by atoms with van der Waals surface area (Å²) in [6, 6.07) is 6.06. The molecule has 3 nitrogen and oxygen atoms in total. The fraction of sp³-hybridized carbons (Fsp3) is 0.154.